The number of ketones is 1. The van der Waals surface area contributed by atoms with Gasteiger partial charge in [0.15, 0.2) is 5.78 Å². The summed E-state index contributed by atoms with van der Waals surface area (Å²) in [6.07, 6.45) is 5.50. The quantitative estimate of drug-likeness (QED) is 0.805. The van der Waals surface area contributed by atoms with Crippen molar-refractivity contribution in [1.29, 1.82) is 0 Å². The zero-order valence-corrected chi connectivity index (χ0v) is 13.4. The van der Waals surface area contributed by atoms with E-state index in [2.05, 4.69) is 9.98 Å². The molecule has 0 aromatic carbocycles. The molecule has 0 N–H and O–H groups in total. The van der Waals surface area contributed by atoms with E-state index in [0.717, 1.165) is 29.8 Å². The number of carbonyl (C=O) groups excluding carboxylic acids is 2. The summed E-state index contributed by atoms with van der Waals surface area (Å²) < 4.78 is 5.25. The zero-order chi connectivity index (χ0) is 16.4. The van der Waals surface area contributed by atoms with Gasteiger partial charge in [-0.2, -0.15) is 0 Å². The first-order chi connectivity index (χ1) is 11.1. The van der Waals surface area contributed by atoms with Crippen LogP contribution in [0.3, 0.4) is 0 Å². The molecule has 0 spiro atoms. The maximum absolute atomic E-state index is 12.6. The molecule has 2 atom stereocenters. The van der Waals surface area contributed by atoms with Crippen LogP contribution in [-0.2, 0) is 14.3 Å². The Kier molecular flexibility index (Phi) is 4.37. The van der Waals surface area contributed by atoms with Crippen molar-refractivity contribution in [2.75, 3.05) is 6.61 Å². The first-order valence-electron chi connectivity index (χ1n) is 8.01. The summed E-state index contributed by atoms with van der Waals surface area (Å²) in [7, 11) is 0. The van der Waals surface area contributed by atoms with Crippen molar-refractivity contribution in [3.8, 4) is 0 Å². The van der Waals surface area contributed by atoms with E-state index in [1.165, 1.54) is 0 Å². The Bertz CT molecular complexity index is 691. The fourth-order valence-corrected chi connectivity index (χ4v) is 3.47. The Morgan fingerprint density at radius 2 is 2.04 bits per heavy atom. The standard InChI is InChI=1S/C18H20N2O3/c1-3-23-18(22)15-11(2)20-13-5-4-6-14(21)17(13)16(15)12-7-9-19-10-8-12/h7-10,15-16H,3-6H2,1-2H3/t15?,16-/m1/s1. The topological polar surface area (TPSA) is 68.6 Å². The van der Waals surface area contributed by atoms with Crippen LogP contribution >= 0.6 is 0 Å². The normalized spacial score (nSPS) is 24.1. The number of aliphatic imine (C=N–C) groups is 1. The molecule has 0 bridgehead atoms. The van der Waals surface area contributed by atoms with Crippen LogP contribution in [0.1, 0.15) is 44.6 Å². The van der Waals surface area contributed by atoms with Gasteiger partial charge in [0.25, 0.3) is 0 Å². The molecular weight excluding hydrogens is 292 g/mol. The Morgan fingerprint density at radius 3 is 2.74 bits per heavy atom. The number of ether oxygens (including phenoxy) is 1. The minimum atomic E-state index is -0.543. The van der Waals surface area contributed by atoms with E-state index in [9.17, 15) is 9.59 Å². The molecule has 0 radical (unpaired) electrons. The molecule has 1 aromatic rings. The van der Waals surface area contributed by atoms with Gasteiger partial charge in [-0.25, -0.2) is 0 Å². The van der Waals surface area contributed by atoms with E-state index in [4.69, 9.17) is 4.74 Å². The summed E-state index contributed by atoms with van der Waals surface area (Å²) >= 11 is 0. The fraction of sp³-hybridized carbons (Fsp3) is 0.444. The van der Waals surface area contributed by atoms with Crippen molar-refractivity contribution >= 4 is 17.5 Å². The van der Waals surface area contributed by atoms with Gasteiger partial charge in [0.2, 0.25) is 0 Å². The highest BCUT2D eigenvalue weighted by Crippen LogP contribution is 2.43. The molecule has 0 amide bonds. The van der Waals surface area contributed by atoms with Crippen molar-refractivity contribution in [3.63, 3.8) is 0 Å². The molecule has 5 heteroatoms. The van der Waals surface area contributed by atoms with Crippen molar-refractivity contribution in [2.45, 2.75) is 39.0 Å². The summed E-state index contributed by atoms with van der Waals surface area (Å²) in [4.78, 5) is 33.7. The number of aromatic nitrogens is 1. The van der Waals surface area contributed by atoms with Crippen LogP contribution < -0.4 is 0 Å². The van der Waals surface area contributed by atoms with Gasteiger partial charge in [0.1, 0.15) is 5.92 Å². The van der Waals surface area contributed by atoms with Crippen LogP contribution in [0.5, 0.6) is 0 Å². The fourth-order valence-electron chi connectivity index (χ4n) is 3.47. The summed E-state index contributed by atoms with van der Waals surface area (Å²) in [5, 5.41) is 0. The maximum atomic E-state index is 12.6. The summed E-state index contributed by atoms with van der Waals surface area (Å²) in [5.74, 6) is -1.09. The van der Waals surface area contributed by atoms with E-state index in [0.29, 0.717) is 18.6 Å². The predicted molar refractivity (Wildman–Crippen MR) is 86.1 cm³/mol. The molecule has 2 heterocycles. The van der Waals surface area contributed by atoms with E-state index >= 15 is 0 Å². The number of hydrogen-bond acceptors (Lipinski definition) is 5. The lowest BCUT2D eigenvalue weighted by Crippen LogP contribution is -2.37. The van der Waals surface area contributed by atoms with Gasteiger partial charge in [0.05, 0.1) is 6.61 Å². The molecular formula is C18H20N2O3. The molecule has 23 heavy (non-hydrogen) atoms. The predicted octanol–water partition coefficient (Wildman–Crippen LogP) is 2.83. The van der Waals surface area contributed by atoms with Gasteiger partial charge in [0, 0.05) is 41.7 Å². The summed E-state index contributed by atoms with van der Waals surface area (Å²) in [5.41, 5.74) is 3.15. The minimum Gasteiger partial charge on any atom is -0.465 e. The Morgan fingerprint density at radius 1 is 1.30 bits per heavy atom. The number of esters is 1. The number of hydrogen-bond donors (Lipinski definition) is 0. The summed E-state index contributed by atoms with van der Waals surface area (Å²) in [6, 6.07) is 3.73. The highest BCUT2D eigenvalue weighted by atomic mass is 16.5. The second-order valence-electron chi connectivity index (χ2n) is 5.88. The number of nitrogens with zero attached hydrogens (tertiary/aromatic N) is 2. The SMILES string of the molecule is CCOC(=O)C1C(C)=NC2=C(C(=O)CCC2)[C@@H]1c1ccncc1. The first-order valence-corrected chi connectivity index (χ1v) is 8.01. The van der Waals surface area contributed by atoms with Crippen LogP contribution in [0.25, 0.3) is 0 Å². The molecule has 1 aliphatic carbocycles. The number of pyridine rings is 1. The monoisotopic (exact) mass is 312 g/mol. The molecule has 120 valence electrons. The molecule has 1 aliphatic heterocycles. The van der Waals surface area contributed by atoms with E-state index in [-0.39, 0.29) is 17.7 Å². The maximum Gasteiger partial charge on any atom is 0.315 e. The molecule has 0 saturated carbocycles. The highest BCUT2D eigenvalue weighted by Gasteiger charge is 2.42. The van der Waals surface area contributed by atoms with E-state index in [1.807, 2.05) is 19.1 Å². The highest BCUT2D eigenvalue weighted by molar-refractivity contribution is 6.08. The molecule has 1 aromatic heterocycles. The molecule has 3 rings (SSSR count). The molecule has 0 fully saturated rings. The van der Waals surface area contributed by atoms with E-state index in [1.54, 1.807) is 19.3 Å². The Hall–Kier alpha value is -2.30. The molecule has 2 aliphatic rings. The number of carbonyl (C=O) groups is 2. The van der Waals surface area contributed by atoms with Crippen LogP contribution in [0.4, 0.5) is 0 Å². The average Bonchev–Trinajstić information content (AvgIpc) is 2.54. The van der Waals surface area contributed by atoms with Crippen LogP contribution in [0, 0.1) is 5.92 Å². The third-order valence-corrected chi connectivity index (χ3v) is 4.44. The van der Waals surface area contributed by atoms with Crippen molar-refractivity contribution in [2.24, 2.45) is 10.9 Å². The van der Waals surface area contributed by atoms with Crippen LogP contribution in [0.15, 0.2) is 40.8 Å². The lowest BCUT2D eigenvalue weighted by molar-refractivity contribution is -0.146. The largest absolute Gasteiger partial charge is 0.465 e. The van der Waals surface area contributed by atoms with Gasteiger partial charge in [-0.15, -0.1) is 0 Å². The van der Waals surface area contributed by atoms with Gasteiger partial charge >= 0.3 is 5.97 Å². The zero-order valence-electron chi connectivity index (χ0n) is 13.4. The lowest BCUT2D eigenvalue weighted by Gasteiger charge is -2.34. The molecule has 0 saturated heterocycles. The Labute approximate surface area is 135 Å². The third-order valence-electron chi connectivity index (χ3n) is 4.44. The third kappa shape index (κ3) is 2.83. The number of rotatable bonds is 3. The van der Waals surface area contributed by atoms with Gasteiger partial charge < -0.3 is 4.74 Å². The van der Waals surface area contributed by atoms with Crippen LogP contribution in [-0.4, -0.2) is 29.1 Å². The number of allylic oxidation sites excluding steroid dienone is 2. The van der Waals surface area contributed by atoms with Crippen LogP contribution in [0.2, 0.25) is 0 Å². The number of Topliss-reactive ketones (excluding diaryl/α,β-unsaturated/α-hetero) is 1. The van der Waals surface area contributed by atoms with Gasteiger partial charge in [-0.3, -0.25) is 19.6 Å². The second kappa shape index (κ2) is 6.44. The summed E-state index contributed by atoms with van der Waals surface area (Å²) in [6.45, 7) is 3.94. The Balaban J connectivity index is 2.13. The second-order valence-corrected chi connectivity index (χ2v) is 5.88. The smallest absolute Gasteiger partial charge is 0.315 e. The van der Waals surface area contributed by atoms with Gasteiger partial charge in [-0.05, 0) is 44.4 Å². The van der Waals surface area contributed by atoms with Gasteiger partial charge in [-0.1, -0.05) is 0 Å². The van der Waals surface area contributed by atoms with Crippen molar-refractivity contribution in [1.82, 2.24) is 4.98 Å². The minimum absolute atomic E-state index is 0.0959. The van der Waals surface area contributed by atoms with Crippen molar-refractivity contribution in [3.05, 3.63) is 41.4 Å². The molecule has 1 unspecified atom stereocenters. The average molecular weight is 312 g/mol. The first kappa shape index (κ1) is 15.6. The lowest BCUT2D eigenvalue weighted by atomic mass is 9.72. The van der Waals surface area contributed by atoms with Crippen molar-refractivity contribution < 1.29 is 14.3 Å². The molecule has 5 nitrogen and oxygen atoms in total. The van der Waals surface area contributed by atoms with E-state index < -0.39 is 5.92 Å².